The Balaban J connectivity index is 1.58. The second-order valence-electron chi connectivity index (χ2n) is 6.70. The highest BCUT2D eigenvalue weighted by molar-refractivity contribution is 5.88. The molecule has 4 heteroatoms. The predicted molar refractivity (Wildman–Crippen MR) is 94.6 cm³/mol. The van der Waals surface area contributed by atoms with Gasteiger partial charge in [-0.2, -0.15) is 5.10 Å². The number of nitrogens with one attached hydrogen (secondary N) is 1. The van der Waals surface area contributed by atoms with E-state index < -0.39 is 0 Å². The first-order valence-electron chi connectivity index (χ1n) is 8.70. The van der Waals surface area contributed by atoms with E-state index in [-0.39, 0.29) is 5.92 Å². The highest BCUT2D eigenvalue weighted by Gasteiger charge is 2.21. The van der Waals surface area contributed by atoms with Gasteiger partial charge in [0.2, 0.25) is 0 Å². The summed E-state index contributed by atoms with van der Waals surface area (Å²) in [6.45, 7) is 0. The van der Waals surface area contributed by atoms with Crippen LogP contribution in [0.25, 0.3) is 21.9 Å². The summed E-state index contributed by atoms with van der Waals surface area (Å²) in [6.07, 6.45) is 11.8. The standard InChI is InChI=1S/C20H21N3O/c24-20(14-4-2-1-3-5-14)10-19-9-17-8-15(18-12-22-23-13-18)6-7-16(17)11-21-19/h6-9,11-14H,1-5,10H2,(H,22,23). The number of H-pyrrole nitrogens is 1. The number of hydrogen-bond donors (Lipinski definition) is 1. The average Bonchev–Trinajstić information content (AvgIpc) is 3.16. The monoisotopic (exact) mass is 319 g/mol. The lowest BCUT2D eigenvalue weighted by Gasteiger charge is -2.20. The first kappa shape index (κ1) is 15.1. The molecule has 4 rings (SSSR count). The number of carbonyl (C=O) groups is 1. The van der Waals surface area contributed by atoms with Gasteiger partial charge in [-0.1, -0.05) is 31.4 Å². The summed E-state index contributed by atoms with van der Waals surface area (Å²) in [5, 5.41) is 9.06. The van der Waals surface area contributed by atoms with E-state index >= 15 is 0 Å². The van der Waals surface area contributed by atoms with Gasteiger partial charge in [0.05, 0.1) is 6.20 Å². The van der Waals surface area contributed by atoms with Crippen molar-refractivity contribution < 1.29 is 4.79 Å². The lowest BCUT2D eigenvalue weighted by Crippen LogP contribution is -2.19. The normalized spacial score (nSPS) is 15.7. The quantitative estimate of drug-likeness (QED) is 0.779. The van der Waals surface area contributed by atoms with E-state index in [0.717, 1.165) is 40.4 Å². The molecule has 0 amide bonds. The van der Waals surface area contributed by atoms with Crippen LogP contribution in [-0.2, 0) is 11.2 Å². The van der Waals surface area contributed by atoms with Crippen molar-refractivity contribution >= 4 is 16.6 Å². The van der Waals surface area contributed by atoms with Gasteiger partial charge in [0.1, 0.15) is 5.78 Å². The fourth-order valence-corrected chi connectivity index (χ4v) is 3.62. The number of aromatic nitrogens is 3. The molecule has 24 heavy (non-hydrogen) atoms. The Morgan fingerprint density at radius 1 is 1.04 bits per heavy atom. The van der Waals surface area contributed by atoms with Gasteiger partial charge >= 0.3 is 0 Å². The van der Waals surface area contributed by atoms with Gasteiger partial charge in [-0.15, -0.1) is 0 Å². The molecule has 1 N–H and O–H groups in total. The van der Waals surface area contributed by atoms with Crippen molar-refractivity contribution in [1.82, 2.24) is 15.2 Å². The topological polar surface area (TPSA) is 58.6 Å². The number of aromatic amines is 1. The molecule has 3 aromatic rings. The van der Waals surface area contributed by atoms with E-state index in [9.17, 15) is 4.79 Å². The minimum absolute atomic E-state index is 0.244. The van der Waals surface area contributed by atoms with Crippen molar-refractivity contribution in [2.45, 2.75) is 38.5 Å². The van der Waals surface area contributed by atoms with Gasteiger partial charge in [-0.3, -0.25) is 14.9 Å². The maximum absolute atomic E-state index is 12.5. The van der Waals surface area contributed by atoms with Crippen molar-refractivity contribution in [2.75, 3.05) is 0 Å². The lowest BCUT2D eigenvalue weighted by atomic mass is 9.85. The zero-order valence-electron chi connectivity index (χ0n) is 13.7. The van der Waals surface area contributed by atoms with Gasteiger partial charge < -0.3 is 0 Å². The fourth-order valence-electron chi connectivity index (χ4n) is 3.62. The Hall–Kier alpha value is -2.49. The molecule has 0 saturated heterocycles. The summed E-state index contributed by atoms with van der Waals surface area (Å²) in [6, 6.07) is 8.33. The molecule has 1 fully saturated rings. The number of rotatable bonds is 4. The van der Waals surface area contributed by atoms with Crippen molar-refractivity contribution in [3.63, 3.8) is 0 Å². The number of pyridine rings is 1. The minimum atomic E-state index is 0.244. The summed E-state index contributed by atoms with van der Waals surface area (Å²) >= 11 is 0. The number of benzene rings is 1. The molecule has 0 spiro atoms. The van der Waals surface area contributed by atoms with E-state index in [1.165, 1.54) is 19.3 Å². The van der Waals surface area contributed by atoms with Gasteiger partial charge in [0, 0.05) is 41.4 Å². The van der Waals surface area contributed by atoms with E-state index in [0.29, 0.717) is 12.2 Å². The third-order valence-corrected chi connectivity index (χ3v) is 5.03. The van der Waals surface area contributed by atoms with E-state index in [1.54, 1.807) is 0 Å². The van der Waals surface area contributed by atoms with Crippen LogP contribution in [0.2, 0.25) is 0 Å². The molecule has 1 aliphatic carbocycles. The van der Waals surface area contributed by atoms with Gasteiger partial charge in [0.25, 0.3) is 0 Å². The molecule has 1 saturated carbocycles. The number of fused-ring (bicyclic) bond motifs is 1. The number of hydrogen-bond acceptors (Lipinski definition) is 3. The minimum Gasteiger partial charge on any atom is -0.299 e. The van der Waals surface area contributed by atoms with E-state index in [2.05, 4.69) is 39.4 Å². The fraction of sp³-hybridized carbons (Fsp3) is 0.350. The molecule has 1 aromatic carbocycles. The number of nitrogens with zero attached hydrogens (tertiary/aromatic N) is 2. The van der Waals surface area contributed by atoms with Crippen molar-refractivity contribution in [3.05, 3.63) is 48.5 Å². The van der Waals surface area contributed by atoms with Crippen LogP contribution in [0.5, 0.6) is 0 Å². The van der Waals surface area contributed by atoms with Crippen molar-refractivity contribution in [2.24, 2.45) is 5.92 Å². The summed E-state index contributed by atoms with van der Waals surface area (Å²) in [7, 11) is 0. The van der Waals surface area contributed by atoms with Gasteiger partial charge in [-0.25, -0.2) is 0 Å². The van der Waals surface area contributed by atoms with Gasteiger partial charge in [0.15, 0.2) is 0 Å². The van der Waals surface area contributed by atoms with Crippen molar-refractivity contribution in [3.8, 4) is 11.1 Å². The molecule has 122 valence electrons. The SMILES string of the molecule is O=C(Cc1cc2cc(-c3cn[nH]c3)ccc2cn1)C1CCCCC1. The molecule has 1 aliphatic rings. The third kappa shape index (κ3) is 3.09. The van der Waals surface area contributed by atoms with Crippen LogP contribution in [0, 0.1) is 5.92 Å². The molecule has 2 heterocycles. The largest absolute Gasteiger partial charge is 0.299 e. The molecule has 0 aliphatic heterocycles. The Bertz CT molecular complexity index is 848. The van der Waals surface area contributed by atoms with Crippen LogP contribution >= 0.6 is 0 Å². The van der Waals surface area contributed by atoms with Crippen LogP contribution in [0.1, 0.15) is 37.8 Å². The number of ketones is 1. The Morgan fingerprint density at radius 3 is 2.71 bits per heavy atom. The van der Waals surface area contributed by atoms with Crippen LogP contribution in [0.15, 0.2) is 42.9 Å². The molecule has 2 aromatic heterocycles. The second kappa shape index (κ2) is 6.56. The molecular weight excluding hydrogens is 298 g/mol. The maximum atomic E-state index is 12.5. The third-order valence-electron chi connectivity index (χ3n) is 5.03. The summed E-state index contributed by atoms with van der Waals surface area (Å²) < 4.78 is 0. The molecule has 4 nitrogen and oxygen atoms in total. The Kier molecular flexibility index (Phi) is 4.11. The smallest absolute Gasteiger partial charge is 0.141 e. The van der Waals surface area contributed by atoms with E-state index in [4.69, 9.17) is 0 Å². The van der Waals surface area contributed by atoms with Crippen LogP contribution < -0.4 is 0 Å². The molecule has 0 atom stereocenters. The highest BCUT2D eigenvalue weighted by Crippen LogP contribution is 2.27. The summed E-state index contributed by atoms with van der Waals surface area (Å²) in [5.74, 6) is 0.598. The Morgan fingerprint density at radius 2 is 1.92 bits per heavy atom. The zero-order valence-corrected chi connectivity index (χ0v) is 13.7. The van der Waals surface area contributed by atoms with Crippen LogP contribution in [0.3, 0.4) is 0 Å². The van der Waals surface area contributed by atoms with Gasteiger partial charge in [-0.05, 0) is 35.9 Å². The Labute approximate surface area is 141 Å². The maximum Gasteiger partial charge on any atom is 0.141 e. The lowest BCUT2D eigenvalue weighted by molar-refractivity contribution is -0.123. The van der Waals surface area contributed by atoms with Crippen molar-refractivity contribution in [1.29, 1.82) is 0 Å². The molecule has 0 radical (unpaired) electrons. The predicted octanol–water partition coefficient (Wildman–Crippen LogP) is 4.32. The van der Waals surface area contributed by atoms with E-state index in [1.807, 2.05) is 18.6 Å². The number of carbonyl (C=O) groups excluding carboxylic acids is 1. The zero-order chi connectivity index (χ0) is 16.4. The first-order valence-corrected chi connectivity index (χ1v) is 8.70. The molecule has 0 unspecified atom stereocenters. The second-order valence-corrected chi connectivity index (χ2v) is 6.70. The van der Waals surface area contributed by atoms with Crippen LogP contribution in [0.4, 0.5) is 0 Å². The summed E-state index contributed by atoms with van der Waals surface area (Å²) in [5.41, 5.74) is 3.06. The summed E-state index contributed by atoms with van der Waals surface area (Å²) in [4.78, 5) is 17.0. The highest BCUT2D eigenvalue weighted by atomic mass is 16.1. The molecule has 0 bridgehead atoms. The first-order chi connectivity index (χ1) is 11.8. The van der Waals surface area contributed by atoms with Crippen LogP contribution in [-0.4, -0.2) is 21.0 Å². The molecular formula is C20H21N3O. The average molecular weight is 319 g/mol. The number of Topliss-reactive ketones (excluding diaryl/α,β-unsaturated/α-hetero) is 1.